The number of rotatable bonds is 3. The summed E-state index contributed by atoms with van der Waals surface area (Å²) in [4.78, 5) is 11.7. The largest absolute Gasteiger partial charge is 0.458 e. The molecule has 1 N–H and O–H groups in total. The van der Waals surface area contributed by atoms with Gasteiger partial charge < -0.3 is 24.1 Å². The fraction of sp³-hybridized carbons (Fsp3) is 0.842. The number of carbonyl (C=O) groups excluding carboxylic acids is 1. The molecule has 142 valence electrons. The van der Waals surface area contributed by atoms with Crippen LogP contribution in [0.25, 0.3) is 0 Å². The van der Waals surface area contributed by atoms with Crippen LogP contribution in [-0.2, 0) is 23.7 Å². The second-order valence-electron chi connectivity index (χ2n) is 8.47. The molecule has 6 atom stereocenters. The zero-order chi connectivity index (χ0) is 18.6. The van der Waals surface area contributed by atoms with Crippen LogP contribution in [0.15, 0.2) is 11.6 Å². The van der Waals surface area contributed by atoms with Gasteiger partial charge in [0.15, 0.2) is 12.6 Å². The lowest BCUT2D eigenvalue weighted by molar-refractivity contribution is -0.266. The Hall–Kier alpha value is -0.950. The van der Waals surface area contributed by atoms with E-state index in [0.29, 0.717) is 5.57 Å². The van der Waals surface area contributed by atoms with Gasteiger partial charge in [-0.1, -0.05) is 27.2 Å². The summed E-state index contributed by atoms with van der Waals surface area (Å²) in [5.74, 6) is -0.379. The third-order valence-electron chi connectivity index (χ3n) is 6.60. The molecule has 3 rings (SSSR count). The van der Waals surface area contributed by atoms with Gasteiger partial charge in [-0.3, -0.25) is 4.79 Å². The molecule has 0 bridgehead atoms. The normalized spacial score (nSPS) is 45.3. The van der Waals surface area contributed by atoms with Crippen LogP contribution in [0.2, 0.25) is 0 Å². The fourth-order valence-corrected chi connectivity index (χ4v) is 5.70. The second-order valence-corrected chi connectivity index (χ2v) is 8.47. The summed E-state index contributed by atoms with van der Waals surface area (Å²) in [7, 11) is 3.06. The van der Waals surface area contributed by atoms with Gasteiger partial charge in [0, 0.05) is 38.0 Å². The second kappa shape index (κ2) is 6.05. The molecule has 1 saturated heterocycles. The molecule has 0 radical (unpaired) electrons. The molecule has 1 heterocycles. The average molecular weight is 354 g/mol. The van der Waals surface area contributed by atoms with Gasteiger partial charge in [0.1, 0.15) is 11.7 Å². The summed E-state index contributed by atoms with van der Waals surface area (Å²) < 4.78 is 22.5. The molecule has 3 aliphatic rings. The SMILES string of the molecule is CO[C@@H]1O[C@@H](OC)[C@@]2(O)C1=C[C@@H](OC(C)=O)C1C(C)(C)CCC[C@@]12C. The Morgan fingerprint density at radius 3 is 2.48 bits per heavy atom. The van der Waals surface area contributed by atoms with Gasteiger partial charge >= 0.3 is 5.97 Å². The Bertz CT molecular complexity index is 584. The van der Waals surface area contributed by atoms with Crippen LogP contribution in [0.4, 0.5) is 0 Å². The van der Waals surface area contributed by atoms with Crippen LogP contribution in [0.1, 0.15) is 47.0 Å². The van der Waals surface area contributed by atoms with Crippen molar-refractivity contribution in [1.29, 1.82) is 0 Å². The number of carbonyl (C=O) groups is 1. The summed E-state index contributed by atoms with van der Waals surface area (Å²) >= 11 is 0. The molecule has 6 nitrogen and oxygen atoms in total. The lowest BCUT2D eigenvalue weighted by Crippen LogP contribution is -2.66. The van der Waals surface area contributed by atoms with Gasteiger partial charge in [0.25, 0.3) is 0 Å². The molecule has 0 amide bonds. The first kappa shape index (κ1) is 18.8. The molecule has 1 unspecified atom stereocenters. The van der Waals surface area contributed by atoms with Gasteiger partial charge in [-0.05, 0) is 24.3 Å². The Kier molecular flexibility index (Phi) is 4.55. The number of ether oxygens (including phenoxy) is 4. The topological polar surface area (TPSA) is 74.2 Å². The van der Waals surface area contributed by atoms with Crippen LogP contribution in [0.5, 0.6) is 0 Å². The first-order chi connectivity index (χ1) is 11.6. The van der Waals surface area contributed by atoms with Gasteiger partial charge in [0.2, 0.25) is 0 Å². The van der Waals surface area contributed by atoms with Crippen molar-refractivity contribution in [2.75, 3.05) is 14.2 Å². The van der Waals surface area contributed by atoms with E-state index in [-0.39, 0.29) is 17.3 Å². The maximum Gasteiger partial charge on any atom is 0.303 e. The van der Waals surface area contributed by atoms with Crippen LogP contribution in [0, 0.1) is 16.7 Å². The summed E-state index contributed by atoms with van der Waals surface area (Å²) in [6.45, 7) is 7.84. The van der Waals surface area contributed by atoms with E-state index >= 15 is 0 Å². The Balaban J connectivity index is 2.20. The fourth-order valence-electron chi connectivity index (χ4n) is 5.70. The number of aliphatic hydroxyl groups is 1. The lowest BCUT2D eigenvalue weighted by atomic mass is 9.46. The van der Waals surface area contributed by atoms with Crippen molar-refractivity contribution in [2.45, 2.75) is 71.2 Å². The molecule has 2 fully saturated rings. The van der Waals surface area contributed by atoms with E-state index in [9.17, 15) is 9.90 Å². The van der Waals surface area contributed by atoms with E-state index in [0.717, 1.165) is 19.3 Å². The Labute approximate surface area is 149 Å². The van der Waals surface area contributed by atoms with Crippen molar-refractivity contribution < 1.29 is 28.8 Å². The van der Waals surface area contributed by atoms with Crippen LogP contribution >= 0.6 is 0 Å². The highest BCUT2D eigenvalue weighted by atomic mass is 16.8. The summed E-state index contributed by atoms with van der Waals surface area (Å²) in [5, 5.41) is 11.9. The zero-order valence-electron chi connectivity index (χ0n) is 16.0. The quantitative estimate of drug-likeness (QED) is 0.620. The number of esters is 1. The first-order valence-electron chi connectivity index (χ1n) is 8.94. The highest BCUT2D eigenvalue weighted by molar-refractivity contribution is 5.66. The van der Waals surface area contributed by atoms with Crippen LogP contribution < -0.4 is 0 Å². The minimum atomic E-state index is -1.32. The first-order valence-corrected chi connectivity index (χ1v) is 8.94. The standard InChI is InChI=1S/C19H30O6/c1-11(20)24-13-10-12-15(22-5)25-16(23-6)19(12,21)18(4)9-7-8-17(2,3)14(13)18/h10,13-16,21H,7-9H2,1-6H3/t13-,14?,15-,16-,18+,19+/m1/s1. The summed E-state index contributed by atoms with van der Waals surface area (Å²) in [6.07, 6.45) is 2.66. The summed E-state index contributed by atoms with van der Waals surface area (Å²) in [6, 6.07) is 0. The Morgan fingerprint density at radius 2 is 1.92 bits per heavy atom. The highest BCUT2D eigenvalue weighted by Gasteiger charge is 2.70. The predicted octanol–water partition coefficient (Wildman–Crippen LogP) is 2.40. The third-order valence-corrected chi connectivity index (χ3v) is 6.60. The van der Waals surface area contributed by atoms with Crippen molar-refractivity contribution in [3.63, 3.8) is 0 Å². The van der Waals surface area contributed by atoms with E-state index in [4.69, 9.17) is 18.9 Å². The number of hydrogen-bond donors (Lipinski definition) is 1. The van der Waals surface area contributed by atoms with Crippen molar-refractivity contribution in [2.24, 2.45) is 16.7 Å². The molecule has 0 aromatic carbocycles. The van der Waals surface area contributed by atoms with Crippen LogP contribution in [-0.4, -0.2) is 49.6 Å². The zero-order valence-corrected chi connectivity index (χ0v) is 16.0. The maximum absolute atomic E-state index is 11.9. The minimum absolute atomic E-state index is 0.0525. The molecule has 1 saturated carbocycles. The van der Waals surface area contributed by atoms with Crippen molar-refractivity contribution in [3.8, 4) is 0 Å². The van der Waals surface area contributed by atoms with E-state index in [1.807, 2.05) is 6.08 Å². The van der Waals surface area contributed by atoms with Gasteiger partial charge in [0.05, 0.1) is 0 Å². The predicted molar refractivity (Wildman–Crippen MR) is 90.5 cm³/mol. The number of fused-ring (bicyclic) bond motifs is 3. The van der Waals surface area contributed by atoms with Crippen molar-refractivity contribution in [3.05, 3.63) is 11.6 Å². The summed E-state index contributed by atoms with van der Waals surface area (Å²) in [5.41, 5.74) is -1.38. The molecular formula is C19H30O6. The van der Waals surface area contributed by atoms with Crippen molar-refractivity contribution in [1.82, 2.24) is 0 Å². The maximum atomic E-state index is 11.9. The van der Waals surface area contributed by atoms with Gasteiger partial charge in [-0.15, -0.1) is 0 Å². The minimum Gasteiger partial charge on any atom is -0.458 e. The van der Waals surface area contributed by atoms with E-state index in [1.54, 1.807) is 0 Å². The third kappa shape index (κ3) is 2.49. The highest BCUT2D eigenvalue weighted by Crippen LogP contribution is 2.65. The smallest absolute Gasteiger partial charge is 0.303 e. The van der Waals surface area contributed by atoms with E-state index in [2.05, 4.69) is 20.8 Å². The van der Waals surface area contributed by atoms with Gasteiger partial charge in [-0.25, -0.2) is 0 Å². The van der Waals surface area contributed by atoms with Gasteiger partial charge in [-0.2, -0.15) is 0 Å². The van der Waals surface area contributed by atoms with E-state index in [1.165, 1.54) is 21.1 Å². The molecule has 0 aromatic rings. The molecule has 1 aliphatic heterocycles. The lowest BCUT2D eigenvalue weighted by Gasteiger charge is -2.61. The number of hydrogen-bond acceptors (Lipinski definition) is 6. The molecule has 0 spiro atoms. The monoisotopic (exact) mass is 354 g/mol. The molecular weight excluding hydrogens is 324 g/mol. The average Bonchev–Trinajstić information content (AvgIpc) is 2.79. The number of methoxy groups -OCH3 is 2. The Morgan fingerprint density at radius 1 is 1.24 bits per heavy atom. The van der Waals surface area contributed by atoms with Crippen LogP contribution in [0.3, 0.4) is 0 Å². The molecule has 25 heavy (non-hydrogen) atoms. The molecule has 2 aliphatic carbocycles. The molecule has 6 heteroatoms. The van der Waals surface area contributed by atoms with E-state index < -0.39 is 29.7 Å². The van der Waals surface area contributed by atoms with Crippen molar-refractivity contribution >= 4 is 5.97 Å². The molecule has 0 aromatic heterocycles.